The number of carbonyl (C=O) groups excluding carboxylic acids is 3. The molecule has 11 heteroatoms. The number of fused-ring (bicyclic) bond motifs is 5. The summed E-state index contributed by atoms with van der Waals surface area (Å²) in [7, 11) is 0. The van der Waals surface area contributed by atoms with Crippen molar-refractivity contribution in [3.63, 3.8) is 0 Å². The maximum Gasteiger partial charge on any atom is 0.343 e. The van der Waals surface area contributed by atoms with E-state index in [0.717, 1.165) is 52.8 Å². The highest BCUT2D eigenvalue weighted by Crippen LogP contribution is 2.34. The molecule has 0 radical (unpaired) electrons. The molecule has 2 saturated heterocycles. The molecule has 0 saturated carbocycles. The molecule has 302 valence electrons. The van der Waals surface area contributed by atoms with Crippen molar-refractivity contribution in [3.05, 3.63) is 168 Å². The van der Waals surface area contributed by atoms with Crippen LogP contribution in [0.4, 0.5) is 0 Å². The summed E-state index contributed by atoms with van der Waals surface area (Å²) in [5, 5.41) is 7.77. The average molecular weight is 861 g/mol. The number of carbonyl (C=O) groups is 3. The molecule has 2 aliphatic heterocycles. The monoisotopic (exact) mass is 860 g/mol. The molecule has 4 atom stereocenters. The van der Waals surface area contributed by atoms with Crippen molar-refractivity contribution in [1.29, 1.82) is 0 Å². The number of benzene rings is 8. The lowest BCUT2D eigenvalue weighted by Gasteiger charge is -2.17. The molecule has 8 aromatic carbocycles. The lowest BCUT2D eigenvalue weighted by Crippen LogP contribution is -2.36. The standard InChI is InChI=1S/C50H36O8S3/c51-48(37-7-4-35-23-42(60)15-11-31(35)19-37)56-40-13-9-30-18-38(6-3-33(30)21-40)49(52)57-44-25-54-47-45(26-55-46(44)47)58-50(53)39-8-5-36-24-43(16-12-32(36)20-39)61-27-28-1-2-34-22-41(59)14-10-29(34)17-28/h1-24,44-47,59-60H,25-27H2/t44?,45?,46-,47-/m1/s1. The zero-order valence-corrected chi connectivity index (χ0v) is 35.0. The first-order valence-electron chi connectivity index (χ1n) is 19.7. The summed E-state index contributed by atoms with van der Waals surface area (Å²) in [6.45, 7) is 0.232. The van der Waals surface area contributed by atoms with Gasteiger partial charge in [-0.25, -0.2) is 14.4 Å². The largest absolute Gasteiger partial charge is 0.453 e. The molecule has 0 aromatic heterocycles. The SMILES string of the molecule is O=C(Oc1ccc2cc(C(=O)OC3CO[C@@H]4C(OC(=O)c5ccc6cc(SCc7ccc8cc(S)ccc8c7)ccc6c5)CO[C@H]34)ccc2c1)c1ccc2cc(S)ccc2c1. The second-order valence-corrected chi connectivity index (χ2v) is 17.3. The van der Waals surface area contributed by atoms with Crippen LogP contribution in [0.25, 0.3) is 43.1 Å². The fraction of sp³-hybridized carbons (Fsp3) is 0.140. The number of esters is 3. The third kappa shape index (κ3) is 8.32. The average Bonchev–Trinajstić information content (AvgIpc) is 3.87. The third-order valence-electron chi connectivity index (χ3n) is 11.1. The molecular formula is C50H36O8S3. The zero-order chi connectivity index (χ0) is 41.6. The molecular weight excluding hydrogens is 825 g/mol. The van der Waals surface area contributed by atoms with Gasteiger partial charge in [-0.2, -0.15) is 0 Å². The lowest BCUT2D eigenvalue weighted by molar-refractivity contribution is -0.0287. The highest BCUT2D eigenvalue weighted by molar-refractivity contribution is 7.98. The van der Waals surface area contributed by atoms with Crippen LogP contribution in [0.1, 0.15) is 36.6 Å². The van der Waals surface area contributed by atoms with E-state index in [4.69, 9.17) is 23.7 Å². The minimum absolute atomic E-state index is 0.110. The predicted octanol–water partition coefficient (Wildman–Crippen LogP) is 10.9. The minimum Gasteiger partial charge on any atom is -0.453 e. The summed E-state index contributed by atoms with van der Waals surface area (Å²) in [6, 6.07) is 45.9. The van der Waals surface area contributed by atoms with Gasteiger partial charge in [0.25, 0.3) is 0 Å². The van der Waals surface area contributed by atoms with Gasteiger partial charge in [-0.1, -0.05) is 60.7 Å². The second kappa shape index (κ2) is 16.6. The van der Waals surface area contributed by atoms with E-state index in [1.54, 1.807) is 66.4 Å². The summed E-state index contributed by atoms with van der Waals surface area (Å²) in [4.78, 5) is 42.6. The zero-order valence-electron chi connectivity index (χ0n) is 32.4. The highest BCUT2D eigenvalue weighted by Gasteiger charge is 2.51. The maximum atomic E-state index is 13.4. The molecule has 8 nitrogen and oxygen atoms in total. The molecule has 0 amide bonds. The first kappa shape index (κ1) is 39.3. The molecule has 2 heterocycles. The Morgan fingerprint density at radius 2 is 0.934 bits per heavy atom. The van der Waals surface area contributed by atoms with Crippen molar-refractivity contribution < 1.29 is 38.1 Å². The number of hydrogen-bond donors (Lipinski definition) is 2. The first-order chi connectivity index (χ1) is 29.7. The summed E-state index contributed by atoms with van der Waals surface area (Å²) >= 11 is 10.6. The predicted molar refractivity (Wildman–Crippen MR) is 243 cm³/mol. The van der Waals surface area contributed by atoms with Crippen LogP contribution in [-0.2, 0) is 24.7 Å². The maximum absolute atomic E-state index is 13.4. The van der Waals surface area contributed by atoms with E-state index in [-0.39, 0.29) is 13.2 Å². The topological polar surface area (TPSA) is 97.4 Å². The summed E-state index contributed by atoms with van der Waals surface area (Å²) in [5.74, 6) is -0.265. The Morgan fingerprint density at radius 3 is 1.52 bits per heavy atom. The van der Waals surface area contributed by atoms with Crippen molar-refractivity contribution >= 4 is 98.0 Å². The molecule has 61 heavy (non-hydrogen) atoms. The Bertz CT molecular complexity index is 3060. The lowest BCUT2D eigenvalue weighted by atomic mass is 10.1. The molecule has 2 aliphatic rings. The van der Waals surface area contributed by atoms with Crippen molar-refractivity contribution in [1.82, 2.24) is 0 Å². The van der Waals surface area contributed by atoms with E-state index in [1.807, 2.05) is 48.5 Å². The van der Waals surface area contributed by atoms with Gasteiger partial charge in [-0.05, 0) is 134 Å². The molecule has 0 spiro atoms. The fourth-order valence-electron chi connectivity index (χ4n) is 7.96. The van der Waals surface area contributed by atoms with Crippen LogP contribution in [0.5, 0.6) is 5.75 Å². The number of thiol groups is 2. The summed E-state index contributed by atoms with van der Waals surface area (Å²) in [6.07, 6.45) is -2.48. The Balaban J connectivity index is 0.731. The van der Waals surface area contributed by atoms with Crippen molar-refractivity contribution in [2.24, 2.45) is 0 Å². The van der Waals surface area contributed by atoms with Gasteiger partial charge in [-0.15, -0.1) is 37.0 Å². The van der Waals surface area contributed by atoms with Gasteiger partial charge in [0, 0.05) is 20.4 Å². The quantitative estimate of drug-likeness (QED) is 0.0636. The van der Waals surface area contributed by atoms with E-state index in [2.05, 4.69) is 67.7 Å². The van der Waals surface area contributed by atoms with Gasteiger partial charge in [0.05, 0.1) is 29.9 Å². The normalized spacial score (nSPS) is 18.4. The number of ether oxygens (including phenoxy) is 5. The van der Waals surface area contributed by atoms with E-state index in [1.165, 1.54) is 16.3 Å². The van der Waals surface area contributed by atoms with Crippen molar-refractivity contribution in [3.8, 4) is 5.75 Å². The number of hydrogen-bond acceptors (Lipinski definition) is 11. The molecule has 0 N–H and O–H groups in total. The van der Waals surface area contributed by atoms with Gasteiger partial charge in [-0.3, -0.25) is 0 Å². The molecule has 0 bridgehead atoms. The molecule has 8 aromatic rings. The Kier molecular flexibility index (Phi) is 10.7. The van der Waals surface area contributed by atoms with E-state index < -0.39 is 42.3 Å². The Morgan fingerprint density at radius 1 is 0.492 bits per heavy atom. The van der Waals surface area contributed by atoms with Crippen LogP contribution in [-0.4, -0.2) is 55.5 Å². The van der Waals surface area contributed by atoms with Gasteiger partial charge in [0.1, 0.15) is 18.0 Å². The second-order valence-electron chi connectivity index (χ2n) is 15.2. The molecule has 0 aliphatic carbocycles. The van der Waals surface area contributed by atoms with Gasteiger partial charge in [0.2, 0.25) is 0 Å². The number of thioether (sulfide) groups is 1. The summed E-state index contributed by atoms with van der Waals surface area (Å²) < 4.78 is 29.4. The molecule has 10 rings (SSSR count). The first-order valence-corrected chi connectivity index (χ1v) is 21.6. The van der Waals surface area contributed by atoms with E-state index in [9.17, 15) is 14.4 Å². The van der Waals surface area contributed by atoms with Gasteiger partial charge < -0.3 is 23.7 Å². The molecule has 2 unspecified atom stereocenters. The van der Waals surface area contributed by atoms with Crippen LogP contribution in [0.15, 0.2) is 160 Å². The summed E-state index contributed by atoms with van der Waals surface area (Å²) in [5.41, 5.74) is 2.45. The van der Waals surface area contributed by atoms with Crippen LogP contribution < -0.4 is 4.74 Å². The van der Waals surface area contributed by atoms with Crippen LogP contribution >= 0.6 is 37.0 Å². The van der Waals surface area contributed by atoms with E-state index >= 15 is 0 Å². The van der Waals surface area contributed by atoms with Crippen LogP contribution in [0, 0.1) is 0 Å². The Hall–Kier alpha value is -5.82. The Labute approximate surface area is 365 Å². The van der Waals surface area contributed by atoms with E-state index in [0.29, 0.717) is 22.4 Å². The number of rotatable bonds is 9. The fourth-order valence-corrected chi connectivity index (χ4v) is 9.28. The van der Waals surface area contributed by atoms with Crippen LogP contribution in [0.3, 0.4) is 0 Å². The minimum atomic E-state index is -0.677. The third-order valence-corrected chi connectivity index (χ3v) is 12.8. The smallest absolute Gasteiger partial charge is 0.343 e. The highest BCUT2D eigenvalue weighted by atomic mass is 32.2. The van der Waals surface area contributed by atoms with Gasteiger partial charge >= 0.3 is 17.9 Å². The van der Waals surface area contributed by atoms with Gasteiger partial charge in [0.15, 0.2) is 12.2 Å². The molecule has 2 fully saturated rings. The van der Waals surface area contributed by atoms with Crippen LogP contribution in [0.2, 0.25) is 0 Å². The van der Waals surface area contributed by atoms with Crippen molar-refractivity contribution in [2.45, 2.75) is 44.9 Å². The van der Waals surface area contributed by atoms with Crippen molar-refractivity contribution in [2.75, 3.05) is 13.2 Å².